The summed E-state index contributed by atoms with van der Waals surface area (Å²) in [5.41, 5.74) is 4.25. The lowest BCUT2D eigenvalue weighted by Crippen LogP contribution is -2.05. The minimum Gasteiger partial charge on any atom is -0.495 e. The fraction of sp³-hybridized carbons (Fsp3) is 0.154. The number of fused-ring (bicyclic) bond motifs is 1. The fourth-order valence-electron chi connectivity index (χ4n) is 3.27. The summed E-state index contributed by atoms with van der Waals surface area (Å²) in [6.45, 7) is 4.03. The Kier molecular flexibility index (Phi) is 7.97. The van der Waals surface area contributed by atoms with Crippen molar-refractivity contribution in [2.45, 2.75) is 0 Å². The zero-order valence-corrected chi connectivity index (χ0v) is 19.4. The molecule has 0 bridgehead atoms. The summed E-state index contributed by atoms with van der Waals surface area (Å²) in [7, 11) is 5.36. The number of benzene rings is 2. The van der Waals surface area contributed by atoms with E-state index in [1.54, 1.807) is 30.1 Å². The van der Waals surface area contributed by atoms with Crippen molar-refractivity contribution >= 4 is 28.4 Å². The number of ether oxygens (including phenoxy) is 1. The molecule has 2 N–H and O–H groups in total. The number of hydrogen-bond donors (Lipinski definition) is 2. The highest BCUT2D eigenvalue weighted by atomic mass is 16.5. The van der Waals surface area contributed by atoms with E-state index in [2.05, 4.69) is 27.3 Å². The number of hydrogen-bond acceptors (Lipinski definition) is 7. The standard InChI is InChI=1S/C21H17N3O2.C5H9N3/c1-14(11-22)12-23-21-18-10-16(19-5-3-4-17(13-25)24-19)7-6-15(18)8-9-20(21)26-2;1-6-5-3-7-8(2)4-5/h3-10,13,23H,1,12H2,2H3;3-4,6H,1-2H3. The highest BCUT2D eigenvalue weighted by molar-refractivity contribution is 5.99. The summed E-state index contributed by atoms with van der Waals surface area (Å²) in [5, 5.41) is 21.0. The quantitative estimate of drug-likeness (QED) is 0.309. The maximum atomic E-state index is 11.0. The van der Waals surface area contributed by atoms with Gasteiger partial charge in [-0.05, 0) is 29.7 Å². The predicted octanol–water partition coefficient (Wildman–Crippen LogP) is 4.68. The van der Waals surface area contributed by atoms with E-state index in [0.29, 0.717) is 29.3 Å². The van der Waals surface area contributed by atoms with Crippen molar-refractivity contribution in [1.82, 2.24) is 14.8 Å². The molecule has 0 aliphatic carbocycles. The van der Waals surface area contributed by atoms with E-state index >= 15 is 0 Å². The zero-order chi connectivity index (χ0) is 24.5. The molecule has 2 aromatic heterocycles. The molecule has 172 valence electrons. The Bertz CT molecular complexity index is 1350. The van der Waals surface area contributed by atoms with Gasteiger partial charge in [-0.1, -0.05) is 30.8 Å². The lowest BCUT2D eigenvalue weighted by molar-refractivity contribution is 0.111. The van der Waals surface area contributed by atoms with E-state index in [4.69, 9.17) is 10.00 Å². The van der Waals surface area contributed by atoms with Crippen LogP contribution in [-0.2, 0) is 7.05 Å². The lowest BCUT2D eigenvalue weighted by Gasteiger charge is -2.15. The van der Waals surface area contributed by atoms with Crippen LogP contribution in [0.25, 0.3) is 22.0 Å². The van der Waals surface area contributed by atoms with Crippen LogP contribution in [0.2, 0.25) is 0 Å². The molecule has 0 fully saturated rings. The summed E-state index contributed by atoms with van der Waals surface area (Å²) in [4.78, 5) is 15.3. The van der Waals surface area contributed by atoms with Crippen molar-refractivity contribution in [2.24, 2.45) is 7.05 Å². The maximum Gasteiger partial charge on any atom is 0.168 e. The number of rotatable bonds is 7. The second-order valence-corrected chi connectivity index (χ2v) is 7.37. The predicted molar refractivity (Wildman–Crippen MR) is 135 cm³/mol. The first kappa shape index (κ1) is 24.0. The normalized spacial score (nSPS) is 9.94. The van der Waals surface area contributed by atoms with Crippen molar-refractivity contribution < 1.29 is 9.53 Å². The summed E-state index contributed by atoms with van der Waals surface area (Å²) in [6, 6.07) is 17.2. The molecule has 0 saturated carbocycles. The Morgan fingerprint density at radius 3 is 2.68 bits per heavy atom. The molecule has 34 heavy (non-hydrogen) atoms. The van der Waals surface area contributed by atoms with Crippen molar-refractivity contribution in [3.63, 3.8) is 0 Å². The van der Waals surface area contributed by atoms with Crippen molar-refractivity contribution in [3.05, 3.63) is 78.8 Å². The fourth-order valence-corrected chi connectivity index (χ4v) is 3.27. The van der Waals surface area contributed by atoms with Gasteiger partial charge < -0.3 is 15.4 Å². The molecule has 4 aromatic rings. The topological polar surface area (TPSA) is 105 Å². The van der Waals surface area contributed by atoms with Crippen LogP contribution in [0.5, 0.6) is 5.75 Å². The minimum atomic E-state index is 0.328. The Balaban J connectivity index is 0.000000343. The first-order valence-corrected chi connectivity index (χ1v) is 10.5. The Hall–Kier alpha value is -4.64. The highest BCUT2D eigenvalue weighted by Gasteiger charge is 2.11. The number of aryl methyl sites for hydroxylation is 1. The van der Waals surface area contributed by atoms with Crippen molar-refractivity contribution in [3.8, 4) is 23.1 Å². The average molecular weight is 455 g/mol. The van der Waals surface area contributed by atoms with Crippen LogP contribution in [-0.4, -0.2) is 41.8 Å². The molecule has 8 nitrogen and oxygen atoms in total. The molecular weight excluding hydrogens is 428 g/mol. The van der Waals surface area contributed by atoms with E-state index in [0.717, 1.165) is 34.0 Å². The van der Waals surface area contributed by atoms with Gasteiger partial charge in [-0.2, -0.15) is 10.4 Å². The summed E-state index contributed by atoms with van der Waals surface area (Å²) < 4.78 is 7.22. The molecule has 0 amide bonds. The van der Waals surface area contributed by atoms with Crippen LogP contribution < -0.4 is 15.4 Å². The van der Waals surface area contributed by atoms with Gasteiger partial charge in [-0.25, -0.2) is 4.98 Å². The molecule has 2 aromatic carbocycles. The zero-order valence-electron chi connectivity index (χ0n) is 19.4. The number of aromatic nitrogens is 3. The van der Waals surface area contributed by atoms with Gasteiger partial charge in [0.1, 0.15) is 11.4 Å². The molecular formula is C26H26N6O2. The van der Waals surface area contributed by atoms with Gasteiger partial charge in [0.05, 0.1) is 36.4 Å². The van der Waals surface area contributed by atoms with Crippen molar-refractivity contribution in [1.29, 1.82) is 5.26 Å². The van der Waals surface area contributed by atoms with Crippen LogP contribution in [0.15, 0.2) is 73.1 Å². The van der Waals surface area contributed by atoms with E-state index in [-0.39, 0.29) is 0 Å². The average Bonchev–Trinajstić information content (AvgIpc) is 3.32. The van der Waals surface area contributed by atoms with E-state index < -0.39 is 0 Å². The largest absolute Gasteiger partial charge is 0.495 e. The molecule has 0 radical (unpaired) electrons. The van der Waals surface area contributed by atoms with Gasteiger partial charge in [0.2, 0.25) is 0 Å². The van der Waals surface area contributed by atoms with Gasteiger partial charge in [0, 0.05) is 43.4 Å². The first-order chi connectivity index (χ1) is 16.5. The smallest absolute Gasteiger partial charge is 0.168 e. The summed E-state index contributed by atoms with van der Waals surface area (Å²) in [6.07, 6.45) is 4.42. The first-order valence-electron chi connectivity index (χ1n) is 10.5. The van der Waals surface area contributed by atoms with Crippen LogP contribution in [0.4, 0.5) is 11.4 Å². The van der Waals surface area contributed by atoms with Gasteiger partial charge >= 0.3 is 0 Å². The Morgan fingerprint density at radius 2 is 2.06 bits per heavy atom. The lowest BCUT2D eigenvalue weighted by atomic mass is 10.0. The second-order valence-electron chi connectivity index (χ2n) is 7.37. The maximum absolute atomic E-state index is 11.0. The van der Waals surface area contributed by atoms with Gasteiger partial charge in [0.15, 0.2) is 6.29 Å². The van der Waals surface area contributed by atoms with Gasteiger partial charge in [-0.15, -0.1) is 0 Å². The molecule has 2 heterocycles. The number of methoxy groups -OCH3 is 1. The third kappa shape index (κ3) is 5.78. The number of nitriles is 1. The molecule has 0 spiro atoms. The van der Waals surface area contributed by atoms with Gasteiger partial charge in [0.25, 0.3) is 0 Å². The second kappa shape index (κ2) is 11.3. The van der Waals surface area contributed by atoms with Crippen LogP contribution in [0.3, 0.4) is 0 Å². The number of carbonyl (C=O) groups excluding carboxylic acids is 1. The molecule has 0 unspecified atom stereocenters. The van der Waals surface area contributed by atoms with E-state index in [1.807, 2.05) is 62.8 Å². The van der Waals surface area contributed by atoms with E-state index in [9.17, 15) is 4.79 Å². The number of pyridine rings is 1. The monoisotopic (exact) mass is 454 g/mol. The SMILES string of the molecule is C=C(C#N)CNc1c(OC)ccc2ccc(-c3cccc(C=O)n3)cc12.CNc1cnn(C)c1. The van der Waals surface area contributed by atoms with Crippen LogP contribution >= 0.6 is 0 Å². The third-order valence-electron chi connectivity index (χ3n) is 5.02. The highest BCUT2D eigenvalue weighted by Crippen LogP contribution is 2.35. The molecule has 0 aliphatic rings. The number of aldehydes is 1. The molecule has 4 rings (SSSR count). The molecule has 0 atom stereocenters. The number of carbonyl (C=O) groups is 1. The van der Waals surface area contributed by atoms with Gasteiger partial charge in [-0.3, -0.25) is 9.48 Å². The number of nitrogens with zero attached hydrogens (tertiary/aromatic N) is 4. The minimum absolute atomic E-state index is 0.328. The Morgan fingerprint density at radius 1 is 1.26 bits per heavy atom. The number of nitrogens with one attached hydrogen (secondary N) is 2. The van der Waals surface area contributed by atoms with Crippen molar-refractivity contribution in [2.75, 3.05) is 31.3 Å². The molecule has 0 saturated heterocycles. The van der Waals surface area contributed by atoms with E-state index in [1.165, 1.54) is 0 Å². The summed E-state index contributed by atoms with van der Waals surface area (Å²) in [5.74, 6) is 0.676. The van der Waals surface area contributed by atoms with Crippen LogP contribution in [0, 0.1) is 11.3 Å². The van der Waals surface area contributed by atoms with Crippen LogP contribution in [0.1, 0.15) is 10.5 Å². The molecule has 8 heteroatoms. The molecule has 0 aliphatic heterocycles. The third-order valence-corrected chi connectivity index (χ3v) is 5.02. The summed E-state index contributed by atoms with van der Waals surface area (Å²) >= 11 is 0. The number of anilines is 2. The Labute approximate surface area is 198 Å².